The molecule has 0 radical (unpaired) electrons. The third-order valence-corrected chi connectivity index (χ3v) is 7.33. The summed E-state index contributed by atoms with van der Waals surface area (Å²) in [7, 11) is -3.26. The zero-order valence-corrected chi connectivity index (χ0v) is 17.8. The summed E-state index contributed by atoms with van der Waals surface area (Å²) < 4.78 is 26.8. The zero-order chi connectivity index (χ0) is 20.9. The van der Waals surface area contributed by atoms with Gasteiger partial charge in [0.05, 0.1) is 5.25 Å². The van der Waals surface area contributed by atoms with Gasteiger partial charge >= 0.3 is 0 Å². The number of carbonyl (C=O) groups is 1. The summed E-state index contributed by atoms with van der Waals surface area (Å²) in [4.78, 5) is 16.6. The molecule has 29 heavy (non-hydrogen) atoms. The van der Waals surface area contributed by atoms with Gasteiger partial charge in [-0.1, -0.05) is 12.1 Å². The molecule has 0 aliphatic heterocycles. The first-order valence-corrected chi connectivity index (χ1v) is 11.7. The van der Waals surface area contributed by atoms with E-state index in [0.717, 1.165) is 12.1 Å². The fourth-order valence-electron chi connectivity index (χ4n) is 3.53. The number of nitrogens with one attached hydrogen (secondary N) is 2. The molecule has 0 saturated heterocycles. The Morgan fingerprint density at radius 3 is 2.17 bits per heavy atom. The number of hydrogen-bond donors (Lipinski definition) is 2. The van der Waals surface area contributed by atoms with Crippen molar-refractivity contribution in [1.29, 1.82) is 0 Å². The standard InChI is InChI=1S/C22H29N3O3S/c1-16(2)29(27,28)25-21-9-5-19(6-10-21)22(26)24-20-7-3-17(4-8-20)15-18-11-13-23-14-12-18/h3-4,7-8,11-14,16,19,21,25H,5-6,9-10,15H2,1-2H3,(H,24,26)/t19-,21-. The van der Waals surface area contributed by atoms with E-state index in [1.54, 1.807) is 26.2 Å². The van der Waals surface area contributed by atoms with Gasteiger partial charge in [-0.25, -0.2) is 13.1 Å². The summed E-state index contributed by atoms with van der Waals surface area (Å²) in [5.74, 6) is -0.0663. The molecule has 0 spiro atoms. The number of nitrogens with zero attached hydrogens (tertiary/aromatic N) is 1. The molecular formula is C22H29N3O3S. The van der Waals surface area contributed by atoms with Gasteiger partial charge in [-0.15, -0.1) is 0 Å². The lowest BCUT2D eigenvalue weighted by Gasteiger charge is -2.28. The van der Waals surface area contributed by atoms with E-state index in [1.165, 1.54) is 11.1 Å². The molecule has 1 amide bonds. The van der Waals surface area contributed by atoms with Crippen molar-refractivity contribution in [2.24, 2.45) is 5.92 Å². The molecule has 1 aromatic carbocycles. The molecular weight excluding hydrogens is 386 g/mol. The largest absolute Gasteiger partial charge is 0.326 e. The van der Waals surface area contributed by atoms with Crippen LogP contribution in [0.1, 0.15) is 50.7 Å². The molecule has 0 bridgehead atoms. The second kappa shape index (κ2) is 9.50. The van der Waals surface area contributed by atoms with Gasteiger partial charge in [0.15, 0.2) is 0 Å². The zero-order valence-electron chi connectivity index (χ0n) is 17.0. The Morgan fingerprint density at radius 2 is 1.59 bits per heavy atom. The molecule has 0 atom stereocenters. The van der Waals surface area contributed by atoms with Gasteiger partial charge in [-0.2, -0.15) is 0 Å². The monoisotopic (exact) mass is 415 g/mol. The third kappa shape index (κ3) is 6.11. The SMILES string of the molecule is CC(C)S(=O)(=O)N[C@H]1CC[C@H](C(=O)Nc2ccc(Cc3ccncc3)cc2)CC1. The molecule has 1 heterocycles. The minimum Gasteiger partial charge on any atom is -0.326 e. The van der Waals surface area contributed by atoms with Crippen LogP contribution in [-0.2, 0) is 21.2 Å². The van der Waals surface area contributed by atoms with Gasteiger partial charge in [0.1, 0.15) is 0 Å². The highest BCUT2D eigenvalue weighted by molar-refractivity contribution is 7.90. The minimum atomic E-state index is -3.26. The van der Waals surface area contributed by atoms with Crippen LogP contribution in [0.4, 0.5) is 5.69 Å². The minimum absolute atomic E-state index is 0.0112. The maximum absolute atomic E-state index is 12.6. The molecule has 6 nitrogen and oxygen atoms in total. The first-order valence-electron chi connectivity index (χ1n) is 10.1. The van der Waals surface area contributed by atoms with E-state index in [9.17, 15) is 13.2 Å². The average molecular weight is 416 g/mol. The van der Waals surface area contributed by atoms with Crippen molar-refractivity contribution < 1.29 is 13.2 Å². The number of aromatic nitrogens is 1. The third-order valence-electron chi connectivity index (χ3n) is 5.43. The van der Waals surface area contributed by atoms with Crippen molar-refractivity contribution in [1.82, 2.24) is 9.71 Å². The van der Waals surface area contributed by atoms with Crippen LogP contribution in [-0.4, -0.2) is 30.6 Å². The van der Waals surface area contributed by atoms with Crippen LogP contribution in [0.25, 0.3) is 0 Å². The van der Waals surface area contributed by atoms with Crippen LogP contribution in [0.3, 0.4) is 0 Å². The second-order valence-electron chi connectivity index (χ2n) is 7.98. The average Bonchev–Trinajstić information content (AvgIpc) is 2.70. The molecule has 156 valence electrons. The molecule has 7 heteroatoms. The number of rotatable bonds is 7. The Labute approximate surface area is 173 Å². The highest BCUT2D eigenvalue weighted by Crippen LogP contribution is 2.26. The summed E-state index contributed by atoms with van der Waals surface area (Å²) in [6, 6.07) is 11.8. The summed E-state index contributed by atoms with van der Waals surface area (Å²) in [6.45, 7) is 3.34. The number of carbonyl (C=O) groups excluding carboxylic acids is 1. The smallest absolute Gasteiger partial charge is 0.227 e. The second-order valence-corrected chi connectivity index (χ2v) is 10.2. The highest BCUT2D eigenvalue weighted by Gasteiger charge is 2.29. The van der Waals surface area contributed by atoms with Gasteiger partial charge in [0.25, 0.3) is 0 Å². The van der Waals surface area contributed by atoms with E-state index in [2.05, 4.69) is 15.0 Å². The maximum atomic E-state index is 12.6. The molecule has 2 N–H and O–H groups in total. The topological polar surface area (TPSA) is 88.2 Å². The van der Waals surface area contributed by atoms with Gasteiger partial charge in [-0.05, 0) is 81.3 Å². The van der Waals surface area contributed by atoms with E-state index >= 15 is 0 Å². The lowest BCUT2D eigenvalue weighted by Crippen LogP contribution is -2.42. The van der Waals surface area contributed by atoms with Crippen molar-refractivity contribution >= 4 is 21.6 Å². The van der Waals surface area contributed by atoms with E-state index < -0.39 is 15.3 Å². The molecule has 1 saturated carbocycles. The van der Waals surface area contributed by atoms with Crippen molar-refractivity contribution in [3.63, 3.8) is 0 Å². The van der Waals surface area contributed by atoms with Gasteiger partial charge in [-0.3, -0.25) is 9.78 Å². The predicted molar refractivity (Wildman–Crippen MR) is 115 cm³/mol. The summed E-state index contributed by atoms with van der Waals surface area (Å²) >= 11 is 0. The van der Waals surface area contributed by atoms with E-state index in [4.69, 9.17) is 0 Å². The van der Waals surface area contributed by atoms with Crippen molar-refractivity contribution in [3.05, 3.63) is 59.9 Å². The number of hydrogen-bond acceptors (Lipinski definition) is 4. The fraction of sp³-hybridized carbons (Fsp3) is 0.455. The van der Waals surface area contributed by atoms with Crippen LogP contribution in [0, 0.1) is 5.92 Å². The molecule has 2 aromatic rings. The lowest BCUT2D eigenvalue weighted by atomic mass is 9.86. The number of anilines is 1. The molecule has 0 unspecified atom stereocenters. The Kier molecular flexibility index (Phi) is 7.03. The van der Waals surface area contributed by atoms with Crippen LogP contribution < -0.4 is 10.0 Å². The normalized spacial score (nSPS) is 19.8. The van der Waals surface area contributed by atoms with Gasteiger partial charge in [0.2, 0.25) is 15.9 Å². The number of pyridine rings is 1. The Morgan fingerprint density at radius 1 is 1.00 bits per heavy atom. The van der Waals surface area contributed by atoms with Crippen LogP contribution in [0.2, 0.25) is 0 Å². The maximum Gasteiger partial charge on any atom is 0.227 e. The summed E-state index contributed by atoms with van der Waals surface area (Å²) in [5.41, 5.74) is 3.16. The summed E-state index contributed by atoms with van der Waals surface area (Å²) in [5, 5.41) is 2.56. The molecule has 1 fully saturated rings. The fourth-order valence-corrected chi connectivity index (χ4v) is 4.50. The first-order chi connectivity index (χ1) is 13.8. The summed E-state index contributed by atoms with van der Waals surface area (Å²) in [6.07, 6.45) is 7.16. The van der Waals surface area contributed by atoms with E-state index in [1.807, 2.05) is 36.4 Å². The Balaban J connectivity index is 1.48. The highest BCUT2D eigenvalue weighted by atomic mass is 32.2. The first kappa shape index (κ1) is 21.5. The van der Waals surface area contributed by atoms with E-state index in [-0.39, 0.29) is 17.9 Å². The van der Waals surface area contributed by atoms with Crippen molar-refractivity contribution in [2.75, 3.05) is 5.32 Å². The van der Waals surface area contributed by atoms with Gasteiger partial charge in [0, 0.05) is 30.0 Å². The van der Waals surface area contributed by atoms with E-state index in [0.29, 0.717) is 25.7 Å². The quantitative estimate of drug-likeness (QED) is 0.724. The predicted octanol–water partition coefficient (Wildman–Crippen LogP) is 3.50. The number of amides is 1. The van der Waals surface area contributed by atoms with Crippen molar-refractivity contribution in [2.45, 2.75) is 57.2 Å². The van der Waals surface area contributed by atoms with Crippen molar-refractivity contribution in [3.8, 4) is 0 Å². The molecule has 1 aliphatic rings. The van der Waals surface area contributed by atoms with Crippen LogP contribution in [0.15, 0.2) is 48.8 Å². The number of sulfonamides is 1. The molecule has 1 aromatic heterocycles. The Bertz CT molecular complexity index is 904. The Hall–Kier alpha value is -2.25. The lowest BCUT2D eigenvalue weighted by molar-refractivity contribution is -0.120. The van der Waals surface area contributed by atoms with Crippen LogP contribution >= 0.6 is 0 Å². The number of benzene rings is 1. The molecule has 3 rings (SSSR count). The van der Waals surface area contributed by atoms with Crippen LogP contribution in [0.5, 0.6) is 0 Å². The molecule has 1 aliphatic carbocycles. The van der Waals surface area contributed by atoms with Gasteiger partial charge < -0.3 is 5.32 Å².